The number of carbonyl (C=O) groups is 2. The van der Waals surface area contributed by atoms with Crippen LogP contribution in [0.1, 0.15) is 42.7 Å². The van der Waals surface area contributed by atoms with Crippen molar-refractivity contribution in [3.63, 3.8) is 0 Å². The van der Waals surface area contributed by atoms with Crippen LogP contribution in [0.15, 0.2) is 30.5 Å². The van der Waals surface area contributed by atoms with Gasteiger partial charge in [0.2, 0.25) is 5.91 Å². The first-order valence-corrected chi connectivity index (χ1v) is 12.1. The molecule has 3 heterocycles. The minimum Gasteiger partial charge on any atom is -0.370 e. The molecule has 9 heteroatoms. The second-order valence-corrected chi connectivity index (χ2v) is 8.96. The van der Waals surface area contributed by atoms with E-state index < -0.39 is 0 Å². The zero-order valence-electron chi connectivity index (χ0n) is 19.1. The number of carbonyl (C=O) groups excluding carboxylic acids is 2. The van der Waals surface area contributed by atoms with Crippen molar-refractivity contribution in [3.8, 4) is 0 Å². The Morgan fingerprint density at radius 3 is 2.64 bits per heavy atom. The number of pyridine rings is 1. The Labute approximate surface area is 196 Å². The van der Waals surface area contributed by atoms with E-state index in [9.17, 15) is 14.0 Å². The van der Waals surface area contributed by atoms with Crippen molar-refractivity contribution in [1.29, 1.82) is 0 Å². The number of hydrogen-bond acceptors (Lipinski definition) is 6. The van der Waals surface area contributed by atoms with Gasteiger partial charge in [-0.25, -0.2) is 9.37 Å². The first-order chi connectivity index (χ1) is 15.9. The van der Waals surface area contributed by atoms with Crippen LogP contribution in [0.25, 0.3) is 10.2 Å². The summed E-state index contributed by atoms with van der Waals surface area (Å²) in [5, 5.41) is 3.74. The van der Waals surface area contributed by atoms with Gasteiger partial charge in [-0.3, -0.25) is 9.59 Å². The fourth-order valence-electron chi connectivity index (χ4n) is 4.38. The van der Waals surface area contributed by atoms with Crippen LogP contribution in [-0.2, 0) is 4.79 Å². The molecule has 1 fully saturated rings. The Morgan fingerprint density at radius 2 is 1.97 bits per heavy atom. The molecule has 0 aliphatic carbocycles. The Hall–Kier alpha value is -3.07. The van der Waals surface area contributed by atoms with Gasteiger partial charge in [0.25, 0.3) is 5.91 Å². The molecule has 174 valence electrons. The average Bonchev–Trinajstić information content (AvgIpc) is 3.20. The number of nitrogens with one attached hydrogen (secondary N) is 1. The third kappa shape index (κ3) is 4.68. The molecule has 1 aliphatic rings. The van der Waals surface area contributed by atoms with E-state index in [1.54, 1.807) is 23.2 Å². The minimum absolute atomic E-state index is 0.0408. The van der Waals surface area contributed by atoms with Gasteiger partial charge in [-0.15, -0.1) is 0 Å². The molecular formula is C24H28FN5O2S. The SMILES string of the molecule is CCN(CC)C(=O)c1cnc2snc(C)c2c1N1CCC(C(=O)Nc2cccc(F)c2)CC1. The van der Waals surface area contributed by atoms with E-state index in [4.69, 9.17) is 0 Å². The van der Waals surface area contributed by atoms with Gasteiger partial charge in [0.1, 0.15) is 10.6 Å². The molecule has 0 radical (unpaired) electrons. The van der Waals surface area contributed by atoms with Gasteiger partial charge >= 0.3 is 0 Å². The number of piperidine rings is 1. The molecule has 1 saturated heterocycles. The highest BCUT2D eigenvalue weighted by atomic mass is 32.1. The molecule has 2 amide bonds. The predicted molar refractivity (Wildman–Crippen MR) is 129 cm³/mol. The summed E-state index contributed by atoms with van der Waals surface area (Å²) in [6.07, 6.45) is 2.94. The number of anilines is 2. The summed E-state index contributed by atoms with van der Waals surface area (Å²) in [5.41, 5.74) is 2.77. The van der Waals surface area contributed by atoms with Crippen LogP contribution < -0.4 is 10.2 Å². The standard InChI is InChI=1S/C24H28FN5O2S/c1-4-29(5-2)24(32)19-14-26-23-20(15(3)28-33-23)21(19)30-11-9-16(10-12-30)22(31)27-18-8-6-7-17(25)13-18/h6-8,13-14,16H,4-5,9-12H2,1-3H3,(H,27,31). The highest BCUT2D eigenvalue weighted by Crippen LogP contribution is 2.36. The largest absolute Gasteiger partial charge is 0.370 e. The maximum Gasteiger partial charge on any atom is 0.257 e. The topological polar surface area (TPSA) is 78.4 Å². The quantitative estimate of drug-likeness (QED) is 0.576. The van der Waals surface area contributed by atoms with E-state index in [0.29, 0.717) is 50.3 Å². The van der Waals surface area contributed by atoms with Crippen molar-refractivity contribution >= 4 is 44.9 Å². The van der Waals surface area contributed by atoms with Gasteiger partial charge in [-0.2, -0.15) is 4.37 Å². The monoisotopic (exact) mass is 469 g/mol. The van der Waals surface area contributed by atoms with Crippen molar-refractivity contribution in [1.82, 2.24) is 14.3 Å². The summed E-state index contributed by atoms with van der Waals surface area (Å²) in [7, 11) is 0. The predicted octanol–water partition coefficient (Wildman–Crippen LogP) is 4.48. The molecular weight excluding hydrogens is 441 g/mol. The normalized spacial score (nSPS) is 14.5. The molecule has 2 aromatic heterocycles. The number of aryl methyl sites for hydroxylation is 1. The van der Waals surface area contributed by atoms with Crippen molar-refractivity contribution < 1.29 is 14.0 Å². The van der Waals surface area contributed by atoms with Crippen molar-refractivity contribution in [2.45, 2.75) is 33.6 Å². The number of halogens is 1. The van der Waals surface area contributed by atoms with Crippen molar-refractivity contribution in [2.75, 3.05) is 36.4 Å². The molecule has 0 unspecified atom stereocenters. The fourth-order valence-corrected chi connectivity index (χ4v) is 5.13. The molecule has 1 aliphatic heterocycles. The van der Waals surface area contributed by atoms with Crippen LogP contribution in [0, 0.1) is 18.7 Å². The number of benzene rings is 1. The Bertz CT molecular complexity index is 1170. The lowest BCUT2D eigenvalue weighted by atomic mass is 9.94. The summed E-state index contributed by atoms with van der Waals surface area (Å²) >= 11 is 1.33. The highest BCUT2D eigenvalue weighted by Gasteiger charge is 2.30. The van der Waals surface area contributed by atoms with E-state index in [1.165, 1.54) is 23.7 Å². The maximum atomic E-state index is 13.4. The molecule has 0 spiro atoms. The van der Waals surface area contributed by atoms with E-state index >= 15 is 0 Å². The van der Waals surface area contributed by atoms with E-state index in [-0.39, 0.29) is 23.5 Å². The lowest BCUT2D eigenvalue weighted by molar-refractivity contribution is -0.120. The maximum absolute atomic E-state index is 13.4. The van der Waals surface area contributed by atoms with Gasteiger partial charge < -0.3 is 15.1 Å². The van der Waals surface area contributed by atoms with E-state index in [1.807, 2.05) is 20.8 Å². The summed E-state index contributed by atoms with van der Waals surface area (Å²) < 4.78 is 17.9. The van der Waals surface area contributed by atoms with Crippen LogP contribution in [0.3, 0.4) is 0 Å². The number of fused-ring (bicyclic) bond motifs is 1. The van der Waals surface area contributed by atoms with Crippen LogP contribution in [0.4, 0.5) is 15.8 Å². The molecule has 1 N–H and O–H groups in total. The van der Waals surface area contributed by atoms with Gasteiger partial charge in [-0.1, -0.05) is 6.07 Å². The Kier molecular flexibility index (Phi) is 6.88. The Morgan fingerprint density at radius 1 is 1.24 bits per heavy atom. The molecule has 1 aromatic carbocycles. The van der Waals surface area contributed by atoms with Gasteiger partial charge in [0.15, 0.2) is 0 Å². The zero-order chi connectivity index (χ0) is 23.5. The third-order valence-corrected chi connectivity index (χ3v) is 7.05. The molecule has 4 rings (SSSR count). The van der Waals surface area contributed by atoms with E-state index in [0.717, 1.165) is 21.6 Å². The molecule has 0 saturated carbocycles. The van der Waals surface area contributed by atoms with Crippen molar-refractivity contribution in [2.24, 2.45) is 5.92 Å². The highest BCUT2D eigenvalue weighted by molar-refractivity contribution is 7.13. The number of nitrogens with zero attached hydrogens (tertiary/aromatic N) is 4. The summed E-state index contributed by atoms with van der Waals surface area (Å²) in [4.78, 5) is 35.4. The number of hydrogen-bond donors (Lipinski definition) is 1. The lowest BCUT2D eigenvalue weighted by Crippen LogP contribution is -2.40. The first kappa shape index (κ1) is 23.1. The first-order valence-electron chi connectivity index (χ1n) is 11.3. The van der Waals surface area contributed by atoms with Crippen LogP contribution in [0.5, 0.6) is 0 Å². The van der Waals surface area contributed by atoms with Crippen LogP contribution in [0.2, 0.25) is 0 Å². The lowest BCUT2D eigenvalue weighted by Gasteiger charge is -2.35. The number of aromatic nitrogens is 2. The fraction of sp³-hybridized carbons (Fsp3) is 0.417. The van der Waals surface area contributed by atoms with Crippen molar-refractivity contribution in [3.05, 3.63) is 47.5 Å². The minimum atomic E-state index is -0.380. The molecule has 3 aromatic rings. The van der Waals surface area contributed by atoms with Gasteiger partial charge in [-0.05, 0) is 63.3 Å². The van der Waals surface area contributed by atoms with Crippen LogP contribution in [-0.4, -0.2) is 52.3 Å². The summed E-state index contributed by atoms with van der Waals surface area (Å²) in [6, 6.07) is 5.93. The summed E-state index contributed by atoms with van der Waals surface area (Å²) in [6.45, 7) is 8.38. The second kappa shape index (κ2) is 9.82. The molecule has 0 atom stereocenters. The average molecular weight is 470 g/mol. The zero-order valence-corrected chi connectivity index (χ0v) is 19.9. The number of rotatable bonds is 6. The third-order valence-electron chi connectivity index (χ3n) is 6.20. The second-order valence-electron chi connectivity index (χ2n) is 8.21. The molecule has 0 bridgehead atoms. The molecule has 7 nitrogen and oxygen atoms in total. The smallest absolute Gasteiger partial charge is 0.257 e. The van der Waals surface area contributed by atoms with Gasteiger partial charge in [0.05, 0.1) is 22.3 Å². The van der Waals surface area contributed by atoms with Gasteiger partial charge in [0, 0.05) is 44.0 Å². The Balaban J connectivity index is 1.57. The summed E-state index contributed by atoms with van der Waals surface area (Å²) in [5.74, 6) is -0.700. The number of amides is 2. The van der Waals surface area contributed by atoms with E-state index in [2.05, 4.69) is 19.6 Å². The molecule has 33 heavy (non-hydrogen) atoms. The van der Waals surface area contributed by atoms with Crippen LogP contribution >= 0.6 is 11.5 Å².